The lowest BCUT2D eigenvalue weighted by Crippen LogP contribution is -2.68. The van der Waals surface area contributed by atoms with Crippen LogP contribution in [0.5, 0.6) is 11.5 Å². The molecule has 1 heterocycles. The fourth-order valence-corrected chi connectivity index (χ4v) is 11.3. The zero-order valence-corrected chi connectivity index (χ0v) is 28.6. The van der Waals surface area contributed by atoms with Crippen LogP contribution < -0.4 is 19.8 Å². The van der Waals surface area contributed by atoms with Gasteiger partial charge in [-0.1, -0.05) is 99.1 Å². The molecule has 1 aliphatic rings. The molecule has 0 spiro atoms. The van der Waals surface area contributed by atoms with Gasteiger partial charge in [-0.15, -0.1) is 0 Å². The highest BCUT2D eigenvalue weighted by molar-refractivity contribution is 6.99. The average molecular weight is 641 g/mol. The molecule has 0 amide bonds. The largest absolute Gasteiger partial charge is 0.494 e. The Hall–Kier alpha value is -3.94. The van der Waals surface area contributed by atoms with Crippen LogP contribution in [0.1, 0.15) is 56.7 Å². The lowest BCUT2D eigenvalue weighted by atomic mass is 10.0. The van der Waals surface area contributed by atoms with E-state index in [9.17, 15) is 9.18 Å². The van der Waals surface area contributed by atoms with Gasteiger partial charge >= 0.3 is 5.97 Å². The highest BCUT2D eigenvalue weighted by Gasteiger charge is 2.52. The predicted molar refractivity (Wildman–Crippen MR) is 183 cm³/mol. The number of carbonyl (C=O) groups excluding carboxylic acids is 1. The van der Waals surface area contributed by atoms with Gasteiger partial charge in [0, 0.05) is 6.42 Å². The van der Waals surface area contributed by atoms with Crippen molar-refractivity contribution in [2.24, 2.45) is 0 Å². The minimum Gasteiger partial charge on any atom is -0.494 e. The van der Waals surface area contributed by atoms with Gasteiger partial charge < -0.3 is 18.6 Å². The zero-order chi connectivity index (χ0) is 32.7. The van der Waals surface area contributed by atoms with E-state index in [1.54, 1.807) is 12.1 Å². The van der Waals surface area contributed by atoms with Crippen molar-refractivity contribution in [2.45, 2.75) is 77.5 Å². The Kier molecular flexibility index (Phi) is 10.6. The minimum absolute atomic E-state index is 0.197. The monoisotopic (exact) mass is 640 g/mol. The van der Waals surface area contributed by atoms with Crippen molar-refractivity contribution in [3.05, 3.63) is 120 Å². The van der Waals surface area contributed by atoms with Crippen LogP contribution in [0.4, 0.5) is 4.39 Å². The summed E-state index contributed by atoms with van der Waals surface area (Å²) in [5, 5.41) is 2.17. The van der Waals surface area contributed by atoms with Gasteiger partial charge in [-0.3, -0.25) is 4.79 Å². The maximum Gasteiger partial charge on any atom is 0.308 e. The molecule has 2 atom stereocenters. The highest BCUT2D eigenvalue weighted by Crippen LogP contribution is 2.39. The SMILES string of the molecule is Cc1cc(C)c(OC[C@@H]2C[C@@H](O[Si](c3ccccc3)(c3ccccc3)C(C)(C)C)CC(=O)O2)c(CCCOc2ccc(F)cc2)c1. The van der Waals surface area contributed by atoms with Crippen molar-refractivity contribution in [1.82, 2.24) is 0 Å². The number of benzene rings is 4. The van der Waals surface area contributed by atoms with Crippen molar-refractivity contribution >= 4 is 24.7 Å². The number of hydrogen-bond acceptors (Lipinski definition) is 5. The Morgan fingerprint density at radius 2 is 1.50 bits per heavy atom. The van der Waals surface area contributed by atoms with Crippen LogP contribution in [0.25, 0.3) is 0 Å². The lowest BCUT2D eigenvalue weighted by Gasteiger charge is -2.46. The molecule has 4 aromatic rings. The maximum atomic E-state index is 13.2. The molecule has 0 aliphatic carbocycles. The fraction of sp³-hybridized carbons (Fsp3) is 0.359. The molecule has 0 radical (unpaired) electrons. The molecule has 46 heavy (non-hydrogen) atoms. The van der Waals surface area contributed by atoms with E-state index < -0.39 is 14.4 Å². The fourth-order valence-electron chi connectivity index (χ4n) is 6.57. The first kappa shape index (κ1) is 33.4. The van der Waals surface area contributed by atoms with Crippen LogP contribution in [0.2, 0.25) is 5.04 Å². The Labute approximate surface area is 273 Å². The summed E-state index contributed by atoms with van der Waals surface area (Å²) >= 11 is 0. The molecule has 0 unspecified atom stereocenters. The summed E-state index contributed by atoms with van der Waals surface area (Å²) < 4.78 is 38.6. The van der Waals surface area contributed by atoms with E-state index in [1.165, 1.54) is 22.5 Å². The highest BCUT2D eigenvalue weighted by atomic mass is 28.4. The third-order valence-corrected chi connectivity index (χ3v) is 13.7. The van der Waals surface area contributed by atoms with Crippen molar-refractivity contribution in [2.75, 3.05) is 13.2 Å². The van der Waals surface area contributed by atoms with Crippen LogP contribution >= 0.6 is 0 Å². The zero-order valence-electron chi connectivity index (χ0n) is 27.6. The van der Waals surface area contributed by atoms with Crippen molar-refractivity contribution in [3.63, 3.8) is 0 Å². The maximum absolute atomic E-state index is 13.2. The molecule has 242 valence electrons. The number of hydrogen-bond donors (Lipinski definition) is 0. The number of carbonyl (C=O) groups is 1. The molecular weight excluding hydrogens is 596 g/mol. The van der Waals surface area contributed by atoms with Crippen molar-refractivity contribution in [1.29, 1.82) is 0 Å². The molecule has 1 saturated heterocycles. The summed E-state index contributed by atoms with van der Waals surface area (Å²) in [6.07, 6.45) is 1.56. The number of rotatable bonds is 12. The van der Waals surface area contributed by atoms with Crippen molar-refractivity contribution < 1.29 is 27.8 Å². The first-order valence-electron chi connectivity index (χ1n) is 16.1. The van der Waals surface area contributed by atoms with Gasteiger partial charge in [-0.25, -0.2) is 4.39 Å². The summed E-state index contributed by atoms with van der Waals surface area (Å²) in [6.45, 7) is 11.6. The van der Waals surface area contributed by atoms with Crippen molar-refractivity contribution in [3.8, 4) is 11.5 Å². The van der Waals surface area contributed by atoms with Gasteiger partial charge in [0.2, 0.25) is 0 Å². The topological polar surface area (TPSA) is 54.0 Å². The second-order valence-electron chi connectivity index (χ2n) is 13.2. The molecule has 4 aromatic carbocycles. The van der Waals surface area contributed by atoms with Crippen LogP contribution in [0.3, 0.4) is 0 Å². The first-order valence-corrected chi connectivity index (χ1v) is 18.1. The van der Waals surface area contributed by atoms with E-state index in [2.05, 4.69) is 88.4 Å². The van der Waals surface area contributed by atoms with E-state index >= 15 is 0 Å². The molecule has 0 bridgehead atoms. The summed E-state index contributed by atoms with van der Waals surface area (Å²) in [5.41, 5.74) is 3.28. The third-order valence-electron chi connectivity index (χ3n) is 8.56. The average Bonchev–Trinajstić information content (AvgIpc) is 3.02. The first-order chi connectivity index (χ1) is 22.0. The summed E-state index contributed by atoms with van der Waals surface area (Å²) in [6, 6.07) is 31.3. The molecule has 5 nitrogen and oxygen atoms in total. The molecule has 0 aromatic heterocycles. The molecule has 0 N–H and O–H groups in total. The van der Waals surface area contributed by atoms with E-state index in [1.807, 2.05) is 19.1 Å². The molecule has 7 heteroatoms. The summed E-state index contributed by atoms with van der Waals surface area (Å²) in [5.74, 6) is 0.918. The number of ether oxygens (including phenoxy) is 3. The number of cyclic esters (lactones) is 1. The smallest absolute Gasteiger partial charge is 0.308 e. The Morgan fingerprint density at radius 3 is 2.11 bits per heavy atom. The second kappa shape index (κ2) is 14.7. The molecular formula is C39H45FO5Si. The van der Waals surface area contributed by atoms with Gasteiger partial charge in [-0.2, -0.15) is 0 Å². The van der Waals surface area contributed by atoms with Crippen LogP contribution in [0, 0.1) is 19.7 Å². The Balaban J connectivity index is 1.30. The quantitative estimate of drug-likeness (QED) is 0.0913. The van der Waals surface area contributed by atoms with Gasteiger partial charge in [0.1, 0.15) is 30.0 Å². The van der Waals surface area contributed by atoms with Gasteiger partial charge in [-0.05, 0) is 77.5 Å². The molecule has 0 saturated carbocycles. The molecule has 1 aliphatic heterocycles. The summed E-state index contributed by atoms with van der Waals surface area (Å²) in [7, 11) is -2.83. The van der Waals surface area contributed by atoms with E-state index in [4.69, 9.17) is 18.6 Å². The second-order valence-corrected chi connectivity index (χ2v) is 17.5. The van der Waals surface area contributed by atoms with Gasteiger partial charge in [0.05, 0.1) is 19.1 Å². The predicted octanol–water partition coefficient (Wildman–Crippen LogP) is 7.48. The van der Waals surface area contributed by atoms with Gasteiger partial charge in [0.25, 0.3) is 8.32 Å². The van der Waals surface area contributed by atoms with E-state index in [0.29, 0.717) is 18.8 Å². The van der Waals surface area contributed by atoms with Crippen LogP contribution in [-0.4, -0.2) is 39.7 Å². The van der Waals surface area contributed by atoms with Crippen LogP contribution in [0.15, 0.2) is 97.1 Å². The van der Waals surface area contributed by atoms with E-state index in [0.717, 1.165) is 35.3 Å². The Morgan fingerprint density at radius 1 is 0.870 bits per heavy atom. The minimum atomic E-state index is -2.83. The lowest BCUT2D eigenvalue weighted by molar-refractivity contribution is -0.161. The number of halogens is 1. The number of esters is 1. The third kappa shape index (κ3) is 7.88. The molecule has 5 rings (SSSR count). The Bertz CT molecular complexity index is 1550. The van der Waals surface area contributed by atoms with Crippen LogP contribution in [-0.2, 0) is 20.4 Å². The number of aryl methyl sites for hydroxylation is 3. The molecule has 1 fully saturated rings. The van der Waals surface area contributed by atoms with E-state index in [-0.39, 0.29) is 36.0 Å². The normalized spacial score (nSPS) is 17.0. The van der Waals surface area contributed by atoms with Gasteiger partial charge in [0.15, 0.2) is 0 Å². The summed E-state index contributed by atoms with van der Waals surface area (Å²) in [4.78, 5) is 13.0. The standard InChI is InChI=1S/C39H45FO5Si/c1-28-23-29(2)38(30(24-28)13-12-22-42-32-20-18-31(40)19-21-32)43-27-34-25-33(26-37(41)44-34)45-46(39(3,4)5,35-14-8-6-9-15-35)36-16-10-7-11-17-36/h6-11,14-21,23-24,33-34H,12-13,22,25-27H2,1-5H3/t33-,34+/m1/s1.